The summed E-state index contributed by atoms with van der Waals surface area (Å²) in [5.74, 6) is 0.734. The molecule has 13 heavy (non-hydrogen) atoms. The first-order chi connectivity index (χ1) is 6.09. The Morgan fingerprint density at radius 3 is 2.77 bits per heavy atom. The van der Waals surface area contributed by atoms with E-state index >= 15 is 0 Å². The van der Waals surface area contributed by atoms with Gasteiger partial charge in [0.1, 0.15) is 0 Å². The zero-order valence-electron chi connectivity index (χ0n) is 8.75. The lowest BCUT2D eigenvalue weighted by Crippen LogP contribution is -2.01. The van der Waals surface area contributed by atoms with Crippen molar-refractivity contribution >= 4 is 5.57 Å². The molecule has 0 unspecified atom stereocenters. The molecule has 1 rings (SSSR count). The molecule has 0 radical (unpaired) electrons. The summed E-state index contributed by atoms with van der Waals surface area (Å²) in [6.45, 7) is 11.3. The molecule has 2 nitrogen and oxygen atoms in total. The van der Waals surface area contributed by atoms with Crippen molar-refractivity contribution in [3.63, 3.8) is 0 Å². The first-order valence-corrected chi connectivity index (χ1v) is 4.78. The third-order valence-corrected chi connectivity index (χ3v) is 2.06. The Kier molecular flexibility index (Phi) is 3.29. The molecule has 2 heteroatoms. The molecular weight excluding hydrogens is 160 g/mol. The number of nitrogens with zero attached hydrogens (tertiary/aromatic N) is 2. The van der Waals surface area contributed by atoms with Crippen molar-refractivity contribution in [3.8, 4) is 0 Å². The van der Waals surface area contributed by atoms with Crippen LogP contribution in [0.25, 0.3) is 5.57 Å². The molecule has 0 aromatic carbocycles. The summed E-state index contributed by atoms with van der Waals surface area (Å²) in [6.07, 6.45) is 5.12. The molecule has 0 fully saturated rings. The van der Waals surface area contributed by atoms with E-state index in [1.165, 1.54) is 6.42 Å². The maximum Gasteiger partial charge on any atom is 0.0564 e. The standard InChI is InChI=1S/C11H18N2/c1-9(2)5-6-13-8-11(7-12-13)10(3)4/h7-9H,3,5-6H2,1-2,4H3. The van der Waals surface area contributed by atoms with E-state index in [2.05, 4.69) is 31.7 Å². The average Bonchev–Trinajstić information content (AvgIpc) is 2.48. The van der Waals surface area contributed by atoms with E-state index in [1.54, 1.807) is 0 Å². The summed E-state index contributed by atoms with van der Waals surface area (Å²) < 4.78 is 1.99. The maximum atomic E-state index is 4.27. The molecule has 0 spiro atoms. The molecule has 1 heterocycles. The number of hydrogen-bond donors (Lipinski definition) is 0. The second-order valence-electron chi connectivity index (χ2n) is 3.95. The van der Waals surface area contributed by atoms with Gasteiger partial charge in [0.05, 0.1) is 6.20 Å². The van der Waals surface area contributed by atoms with E-state index in [1.807, 2.05) is 17.8 Å². The van der Waals surface area contributed by atoms with Gasteiger partial charge < -0.3 is 0 Å². The van der Waals surface area contributed by atoms with Gasteiger partial charge in [0.2, 0.25) is 0 Å². The summed E-state index contributed by atoms with van der Waals surface area (Å²) in [4.78, 5) is 0. The fourth-order valence-corrected chi connectivity index (χ4v) is 1.10. The molecule has 0 aliphatic rings. The SMILES string of the molecule is C=C(C)c1cnn(CCC(C)C)c1. The molecule has 0 saturated heterocycles. The van der Waals surface area contributed by atoms with Crippen LogP contribution in [0, 0.1) is 5.92 Å². The van der Waals surface area contributed by atoms with Crippen LogP contribution in [-0.4, -0.2) is 9.78 Å². The van der Waals surface area contributed by atoms with Crippen LogP contribution >= 0.6 is 0 Å². The predicted molar refractivity (Wildman–Crippen MR) is 56.4 cm³/mol. The van der Waals surface area contributed by atoms with E-state index in [9.17, 15) is 0 Å². The third kappa shape index (κ3) is 3.05. The van der Waals surface area contributed by atoms with Crippen molar-refractivity contribution in [2.75, 3.05) is 0 Å². The quantitative estimate of drug-likeness (QED) is 0.693. The largest absolute Gasteiger partial charge is 0.272 e. The van der Waals surface area contributed by atoms with Crippen LogP contribution < -0.4 is 0 Å². The highest BCUT2D eigenvalue weighted by Crippen LogP contribution is 2.10. The van der Waals surface area contributed by atoms with Gasteiger partial charge in [-0.05, 0) is 24.8 Å². The van der Waals surface area contributed by atoms with Crippen molar-refractivity contribution in [2.45, 2.75) is 33.7 Å². The normalized spacial score (nSPS) is 10.8. The number of aryl methyl sites for hydroxylation is 1. The van der Waals surface area contributed by atoms with Gasteiger partial charge in [0.15, 0.2) is 0 Å². The highest BCUT2D eigenvalue weighted by atomic mass is 15.3. The number of rotatable bonds is 4. The molecule has 0 aliphatic carbocycles. The Labute approximate surface area is 80.3 Å². The zero-order valence-corrected chi connectivity index (χ0v) is 8.75. The Morgan fingerprint density at radius 2 is 2.31 bits per heavy atom. The van der Waals surface area contributed by atoms with E-state index in [-0.39, 0.29) is 0 Å². The molecule has 0 atom stereocenters. The lowest BCUT2D eigenvalue weighted by atomic mass is 10.1. The molecular formula is C11H18N2. The second kappa shape index (κ2) is 4.26. The average molecular weight is 178 g/mol. The van der Waals surface area contributed by atoms with E-state index in [0.29, 0.717) is 0 Å². The second-order valence-corrected chi connectivity index (χ2v) is 3.95. The highest BCUT2D eigenvalue weighted by molar-refractivity contribution is 5.59. The van der Waals surface area contributed by atoms with Crippen molar-refractivity contribution in [3.05, 3.63) is 24.5 Å². The van der Waals surface area contributed by atoms with E-state index in [0.717, 1.165) is 23.6 Å². The minimum Gasteiger partial charge on any atom is -0.272 e. The van der Waals surface area contributed by atoms with Gasteiger partial charge in [-0.3, -0.25) is 4.68 Å². The third-order valence-electron chi connectivity index (χ3n) is 2.06. The van der Waals surface area contributed by atoms with E-state index < -0.39 is 0 Å². The minimum atomic E-state index is 0.734. The first kappa shape index (κ1) is 10.0. The van der Waals surface area contributed by atoms with Gasteiger partial charge >= 0.3 is 0 Å². The van der Waals surface area contributed by atoms with Crippen molar-refractivity contribution in [2.24, 2.45) is 5.92 Å². The van der Waals surface area contributed by atoms with Crippen molar-refractivity contribution in [1.82, 2.24) is 9.78 Å². The summed E-state index contributed by atoms with van der Waals surface area (Å²) in [5.41, 5.74) is 2.22. The fraction of sp³-hybridized carbons (Fsp3) is 0.545. The predicted octanol–water partition coefficient (Wildman–Crippen LogP) is 2.96. The van der Waals surface area contributed by atoms with E-state index in [4.69, 9.17) is 0 Å². The van der Waals surface area contributed by atoms with Crippen LogP contribution in [0.15, 0.2) is 19.0 Å². The molecule has 0 amide bonds. The van der Waals surface area contributed by atoms with Gasteiger partial charge in [-0.2, -0.15) is 5.10 Å². The summed E-state index contributed by atoms with van der Waals surface area (Å²) in [5, 5.41) is 4.27. The smallest absolute Gasteiger partial charge is 0.0564 e. The highest BCUT2D eigenvalue weighted by Gasteiger charge is 1.99. The summed E-state index contributed by atoms with van der Waals surface area (Å²) in [6, 6.07) is 0. The maximum absolute atomic E-state index is 4.27. The van der Waals surface area contributed by atoms with Crippen molar-refractivity contribution < 1.29 is 0 Å². The molecule has 0 aliphatic heterocycles. The van der Waals surface area contributed by atoms with Crippen LogP contribution in [0.4, 0.5) is 0 Å². The van der Waals surface area contributed by atoms with Gasteiger partial charge in [-0.15, -0.1) is 0 Å². The Hall–Kier alpha value is -1.05. The van der Waals surface area contributed by atoms with Gasteiger partial charge in [-0.1, -0.05) is 20.4 Å². The Balaban J connectivity index is 2.54. The monoisotopic (exact) mass is 178 g/mol. The number of allylic oxidation sites excluding steroid dienone is 1. The number of aromatic nitrogens is 2. The van der Waals surface area contributed by atoms with Crippen LogP contribution in [0.2, 0.25) is 0 Å². The molecule has 72 valence electrons. The van der Waals surface area contributed by atoms with Crippen LogP contribution in [0.1, 0.15) is 32.8 Å². The molecule has 0 N–H and O–H groups in total. The molecule has 0 saturated carbocycles. The lowest BCUT2D eigenvalue weighted by molar-refractivity contribution is 0.487. The van der Waals surface area contributed by atoms with Crippen LogP contribution in [0.3, 0.4) is 0 Å². The zero-order chi connectivity index (χ0) is 9.84. The Bertz CT molecular complexity index is 284. The van der Waals surface area contributed by atoms with Crippen LogP contribution in [-0.2, 0) is 6.54 Å². The number of hydrogen-bond acceptors (Lipinski definition) is 1. The summed E-state index contributed by atoms with van der Waals surface area (Å²) >= 11 is 0. The topological polar surface area (TPSA) is 17.8 Å². The van der Waals surface area contributed by atoms with Gasteiger partial charge in [0.25, 0.3) is 0 Å². The first-order valence-electron chi connectivity index (χ1n) is 4.78. The Morgan fingerprint density at radius 1 is 1.62 bits per heavy atom. The summed E-state index contributed by atoms with van der Waals surface area (Å²) in [7, 11) is 0. The fourth-order valence-electron chi connectivity index (χ4n) is 1.10. The van der Waals surface area contributed by atoms with Crippen molar-refractivity contribution in [1.29, 1.82) is 0 Å². The molecule has 1 aromatic heterocycles. The van der Waals surface area contributed by atoms with Crippen LogP contribution in [0.5, 0.6) is 0 Å². The minimum absolute atomic E-state index is 0.734. The molecule has 0 bridgehead atoms. The van der Waals surface area contributed by atoms with Gasteiger partial charge in [0, 0.05) is 18.3 Å². The lowest BCUT2D eigenvalue weighted by Gasteiger charge is -2.03. The van der Waals surface area contributed by atoms with Gasteiger partial charge in [-0.25, -0.2) is 0 Å². The molecule has 1 aromatic rings.